The number of aromatic nitrogens is 1. The number of rotatable bonds is 2. The molecule has 0 aliphatic rings. The summed E-state index contributed by atoms with van der Waals surface area (Å²) in [6, 6.07) is 1.68. The predicted octanol–water partition coefficient (Wildman–Crippen LogP) is 3.87. The molecule has 1 heterocycles. The Labute approximate surface area is 148 Å². The summed E-state index contributed by atoms with van der Waals surface area (Å²) in [6.45, 7) is 13.4. The van der Waals surface area contributed by atoms with Crippen LogP contribution in [-0.2, 0) is 16.1 Å². The van der Waals surface area contributed by atoms with Gasteiger partial charge < -0.3 is 14.6 Å². The zero-order chi connectivity index (χ0) is 19.6. The lowest BCUT2D eigenvalue weighted by atomic mass is 10.1. The Hall–Kier alpha value is -2.15. The quantitative estimate of drug-likeness (QED) is 0.869. The van der Waals surface area contributed by atoms with E-state index in [2.05, 4.69) is 4.98 Å². The second-order valence-corrected chi connectivity index (χ2v) is 7.83. The highest BCUT2D eigenvalue weighted by atomic mass is 16.6. The van der Waals surface area contributed by atoms with E-state index in [9.17, 15) is 14.7 Å². The lowest BCUT2D eigenvalue weighted by molar-refractivity contribution is 0.0428. The van der Waals surface area contributed by atoms with Gasteiger partial charge in [-0.25, -0.2) is 14.6 Å². The standard InChI is InChI=1S/C18H28N2O5/c1-11-9-13(10-21)12(2)19-14(11)20(15(22)24-17(3,4)5)16(23)25-18(6,7)8/h9,21H,10H2,1-8H3. The monoisotopic (exact) mass is 352 g/mol. The summed E-state index contributed by atoms with van der Waals surface area (Å²) < 4.78 is 10.7. The Balaban J connectivity index is 3.39. The zero-order valence-electron chi connectivity index (χ0n) is 16.3. The van der Waals surface area contributed by atoms with Crippen molar-refractivity contribution in [1.29, 1.82) is 0 Å². The number of ether oxygens (including phenoxy) is 2. The van der Waals surface area contributed by atoms with Gasteiger partial charge in [0.15, 0.2) is 5.82 Å². The fourth-order valence-corrected chi connectivity index (χ4v) is 2.00. The van der Waals surface area contributed by atoms with E-state index in [0.717, 1.165) is 4.90 Å². The van der Waals surface area contributed by atoms with Crippen LogP contribution in [0.4, 0.5) is 15.4 Å². The minimum Gasteiger partial charge on any atom is -0.443 e. The van der Waals surface area contributed by atoms with Crippen molar-refractivity contribution in [2.24, 2.45) is 0 Å². The molecule has 0 radical (unpaired) electrons. The van der Waals surface area contributed by atoms with Gasteiger partial charge >= 0.3 is 12.2 Å². The number of amides is 2. The molecule has 0 unspecified atom stereocenters. The maximum absolute atomic E-state index is 12.6. The van der Waals surface area contributed by atoms with Crippen molar-refractivity contribution in [3.63, 3.8) is 0 Å². The first-order valence-corrected chi connectivity index (χ1v) is 8.09. The maximum atomic E-state index is 12.6. The minimum atomic E-state index is -0.867. The third kappa shape index (κ3) is 6.01. The molecule has 0 aliphatic carbocycles. The summed E-state index contributed by atoms with van der Waals surface area (Å²) in [6.07, 6.45) is -1.73. The van der Waals surface area contributed by atoms with Crippen LogP contribution in [0, 0.1) is 13.8 Å². The fourth-order valence-electron chi connectivity index (χ4n) is 2.00. The number of carbonyl (C=O) groups is 2. The first kappa shape index (κ1) is 20.9. The second-order valence-electron chi connectivity index (χ2n) is 7.83. The molecule has 1 rings (SSSR count). The minimum absolute atomic E-state index is 0.123. The number of aryl methyl sites for hydroxylation is 2. The van der Waals surface area contributed by atoms with E-state index in [1.165, 1.54) is 0 Å². The lowest BCUT2D eigenvalue weighted by Crippen LogP contribution is -2.44. The number of aliphatic hydroxyl groups is 1. The Morgan fingerprint density at radius 1 is 1.04 bits per heavy atom. The van der Waals surface area contributed by atoms with E-state index in [1.807, 2.05) is 0 Å². The SMILES string of the molecule is Cc1cc(CO)c(C)nc1N(C(=O)OC(C)(C)C)C(=O)OC(C)(C)C. The summed E-state index contributed by atoms with van der Waals surface area (Å²) in [5, 5.41) is 9.36. The van der Waals surface area contributed by atoms with Gasteiger partial charge in [-0.2, -0.15) is 4.90 Å². The number of nitrogens with zero attached hydrogens (tertiary/aromatic N) is 2. The second kappa shape index (κ2) is 7.39. The number of anilines is 1. The van der Waals surface area contributed by atoms with Crippen molar-refractivity contribution in [3.8, 4) is 0 Å². The van der Waals surface area contributed by atoms with Gasteiger partial charge in [0.1, 0.15) is 11.2 Å². The molecule has 0 saturated carbocycles. The van der Waals surface area contributed by atoms with Gasteiger partial charge in [-0.3, -0.25) is 0 Å². The summed E-state index contributed by atoms with van der Waals surface area (Å²) in [7, 11) is 0. The number of hydrogen-bond donors (Lipinski definition) is 1. The Bertz CT molecular complexity index is 629. The normalized spacial score (nSPS) is 11.9. The van der Waals surface area contributed by atoms with Crippen LogP contribution in [0.5, 0.6) is 0 Å². The number of imide groups is 1. The van der Waals surface area contributed by atoms with Crippen molar-refractivity contribution in [2.75, 3.05) is 4.90 Å². The molecular formula is C18H28N2O5. The molecule has 0 fully saturated rings. The van der Waals surface area contributed by atoms with E-state index in [0.29, 0.717) is 16.8 Å². The van der Waals surface area contributed by atoms with Gasteiger partial charge in [0.25, 0.3) is 0 Å². The number of carbonyl (C=O) groups excluding carboxylic acids is 2. The highest BCUT2D eigenvalue weighted by molar-refractivity contribution is 6.09. The summed E-state index contributed by atoms with van der Waals surface area (Å²) in [5.41, 5.74) is 0.109. The van der Waals surface area contributed by atoms with E-state index in [1.54, 1.807) is 61.5 Å². The van der Waals surface area contributed by atoms with Gasteiger partial charge in [-0.15, -0.1) is 0 Å². The van der Waals surface area contributed by atoms with Crippen molar-refractivity contribution in [2.45, 2.75) is 73.2 Å². The maximum Gasteiger partial charge on any atom is 0.425 e. The van der Waals surface area contributed by atoms with Crippen LogP contribution in [0.15, 0.2) is 6.07 Å². The van der Waals surface area contributed by atoms with Crippen LogP contribution >= 0.6 is 0 Å². The fraction of sp³-hybridized carbons (Fsp3) is 0.611. The Kier molecular flexibility index (Phi) is 6.18. The highest BCUT2D eigenvalue weighted by Gasteiger charge is 2.34. The summed E-state index contributed by atoms with van der Waals surface area (Å²) >= 11 is 0. The molecule has 0 spiro atoms. The first-order valence-electron chi connectivity index (χ1n) is 8.09. The van der Waals surface area contributed by atoms with Gasteiger partial charge in [0.2, 0.25) is 0 Å². The molecule has 1 N–H and O–H groups in total. The Morgan fingerprint density at radius 3 is 1.84 bits per heavy atom. The molecule has 1 aromatic heterocycles. The molecule has 0 bridgehead atoms. The molecule has 7 nitrogen and oxygen atoms in total. The molecule has 0 aliphatic heterocycles. The van der Waals surface area contributed by atoms with Crippen molar-refractivity contribution in [3.05, 3.63) is 22.9 Å². The van der Waals surface area contributed by atoms with Crippen LogP contribution < -0.4 is 4.90 Å². The van der Waals surface area contributed by atoms with E-state index >= 15 is 0 Å². The smallest absolute Gasteiger partial charge is 0.425 e. The van der Waals surface area contributed by atoms with E-state index in [4.69, 9.17) is 9.47 Å². The molecular weight excluding hydrogens is 324 g/mol. The molecule has 140 valence electrons. The van der Waals surface area contributed by atoms with Crippen LogP contribution in [-0.4, -0.2) is 33.5 Å². The molecule has 0 saturated heterocycles. The number of aliphatic hydroxyl groups excluding tert-OH is 1. The number of hydrogen-bond acceptors (Lipinski definition) is 6. The third-order valence-electron chi connectivity index (χ3n) is 3.02. The van der Waals surface area contributed by atoms with Crippen LogP contribution in [0.3, 0.4) is 0 Å². The zero-order valence-corrected chi connectivity index (χ0v) is 16.3. The molecule has 7 heteroatoms. The molecule has 0 atom stereocenters. The summed E-state index contributed by atoms with van der Waals surface area (Å²) in [4.78, 5) is 30.3. The molecule has 25 heavy (non-hydrogen) atoms. The first-order chi connectivity index (χ1) is 11.2. The van der Waals surface area contributed by atoms with Crippen LogP contribution in [0.25, 0.3) is 0 Å². The van der Waals surface area contributed by atoms with Crippen LogP contribution in [0.1, 0.15) is 58.4 Å². The van der Waals surface area contributed by atoms with Crippen molar-refractivity contribution in [1.82, 2.24) is 4.98 Å². The number of pyridine rings is 1. The lowest BCUT2D eigenvalue weighted by Gasteiger charge is -2.29. The van der Waals surface area contributed by atoms with E-state index in [-0.39, 0.29) is 12.4 Å². The molecule has 2 amide bonds. The summed E-state index contributed by atoms with van der Waals surface area (Å²) in [5.74, 6) is 0.123. The average Bonchev–Trinajstić information content (AvgIpc) is 2.38. The van der Waals surface area contributed by atoms with Gasteiger partial charge in [-0.1, -0.05) is 0 Å². The van der Waals surface area contributed by atoms with Crippen molar-refractivity contribution < 1.29 is 24.2 Å². The van der Waals surface area contributed by atoms with Gasteiger partial charge in [-0.05, 0) is 72.6 Å². The predicted molar refractivity (Wildman–Crippen MR) is 94.6 cm³/mol. The molecule has 1 aromatic rings. The third-order valence-corrected chi connectivity index (χ3v) is 3.02. The molecule has 0 aromatic carbocycles. The average molecular weight is 352 g/mol. The highest BCUT2D eigenvalue weighted by Crippen LogP contribution is 2.25. The topological polar surface area (TPSA) is 89.0 Å². The van der Waals surface area contributed by atoms with E-state index < -0.39 is 23.4 Å². The van der Waals surface area contributed by atoms with Gasteiger partial charge in [0, 0.05) is 5.69 Å². The largest absolute Gasteiger partial charge is 0.443 e. The van der Waals surface area contributed by atoms with Crippen LogP contribution in [0.2, 0.25) is 0 Å². The Morgan fingerprint density at radius 2 is 1.48 bits per heavy atom. The van der Waals surface area contributed by atoms with Crippen molar-refractivity contribution >= 4 is 18.0 Å². The van der Waals surface area contributed by atoms with Gasteiger partial charge in [0.05, 0.1) is 6.61 Å².